The zero-order valence-corrected chi connectivity index (χ0v) is 15.5. The van der Waals surface area contributed by atoms with Gasteiger partial charge in [-0.3, -0.25) is 5.41 Å². The van der Waals surface area contributed by atoms with E-state index in [2.05, 4.69) is 19.6 Å². The Kier molecular flexibility index (Phi) is 7.83. The maximum atomic E-state index is 12.0. The van der Waals surface area contributed by atoms with Crippen LogP contribution in [0.3, 0.4) is 0 Å². The molecule has 0 aromatic heterocycles. The number of ether oxygens (including phenoxy) is 2. The fraction of sp³-hybridized carbons (Fsp3) is 0.846. The molecule has 0 aliphatic heterocycles. The van der Waals surface area contributed by atoms with Crippen LogP contribution in [0.15, 0.2) is 0 Å². The lowest BCUT2D eigenvalue weighted by molar-refractivity contribution is 0.0112. The highest BCUT2D eigenvalue weighted by Gasteiger charge is 2.25. The van der Waals surface area contributed by atoms with Crippen molar-refractivity contribution in [2.24, 2.45) is 0 Å². The average molecular weight is 321 g/mol. The SMILES string of the molecule is CSC(=N)N(COCC[Si](C)(C)C)C(=O)OC(C)(C)C. The van der Waals surface area contributed by atoms with E-state index in [0.717, 1.165) is 6.04 Å². The molecule has 0 fully saturated rings. The Bertz CT molecular complexity index is 337. The Morgan fingerprint density at radius 3 is 2.25 bits per heavy atom. The zero-order chi connectivity index (χ0) is 16.0. The molecule has 0 aromatic rings. The molecule has 0 unspecified atom stereocenters. The molecule has 0 radical (unpaired) electrons. The molecule has 0 atom stereocenters. The van der Waals surface area contributed by atoms with Gasteiger partial charge in [0.05, 0.1) is 0 Å². The third kappa shape index (κ3) is 9.38. The van der Waals surface area contributed by atoms with E-state index in [1.165, 1.54) is 16.7 Å². The minimum absolute atomic E-state index is 0.0685. The quantitative estimate of drug-likeness (QED) is 0.275. The smallest absolute Gasteiger partial charge is 0.418 e. The molecule has 0 saturated carbocycles. The first-order valence-electron chi connectivity index (χ1n) is 6.67. The Morgan fingerprint density at radius 2 is 1.85 bits per heavy atom. The fourth-order valence-electron chi connectivity index (χ4n) is 1.16. The van der Waals surface area contributed by atoms with Crippen molar-refractivity contribution < 1.29 is 14.3 Å². The van der Waals surface area contributed by atoms with Gasteiger partial charge in [-0.05, 0) is 33.1 Å². The van der Waals surface area contributed by atoms with Crippen LogP contribution in [0.25, 0.3) is 0 Å². The number of carbonyl (C=O) groups is 1. The summed E-state index contributed by atoms with van der Waals surface area (Å²) in [5.41, 5.74) is -0.577. The molecule has 0 heterocycles. The van der Waals surface area contributed by atoms with Crippen molar-refractivity contribution >= 4 is 31.1 Å². The normalized spacial score (nSPS) is 12.2. The van der Waals surface area contributed by atoms with Crippen molar-refractivity contribution in [1.82, 2.24) is 4.90 Å². The molecule has 20 heavy (non-hydrogen) atoms. The average Bonchev–Trinajstić information content (AvgIpc) is 2.24. The van der Waals surface area contributed by atoms with E-state index in [1.807, 2.05) is 0 Å². The molecule has 118 valence electrons. The van der Waals surface area contributed by atoms with Crippen molar-refractivity contribution in [3.05, 3.63) is 0 Å². The van der Waals surface area contributed by atoms with Crippen LogP contribution >= 0.6 is 11.8 Å². The summed E-state index contributed by atoms with van der Waals surface area (Å²) in [6.45, 7) is 12.9. The predicted octanol–water partition coefficient (Wildman–Crippen LogP) is 3.83. The third-order valence-electron chi connectivity index (χ3n) is 2.27. The predicted molar refractivity (Wildman–Crippen MR) is 88.3 cm³/mol. The van der Waals surface area contributed by atoms with Gasteiger partial charge in [-0.1, -0.05) is 31.4 Å². The third-order valence-corrected chi connectivity index (χ3v) is 4.58. The van der Waals surface area contributed by atoms with Gasteiger partial charge >= 0.3 is 6.09 Å². The molecular weight excluding hydrogens is 292 g/mol. The molecule has 0 spiro atoms. The second-order valence-corrected chi connectivity index (χ2v) is 13.2. The topological polar surface area (TPSA) is 62.6 Å². The molecule has 0 aliphatic carbocycles. The van der Waals surface area contributed by atoms with E-state index >= 15 is 0 Å². The van der Waals surface area contributed by atoms with Crippen LogP contribution in [-0.2, 0) is 9.47 Å². The minimum atomic E-state index is -1.15. The molecule has 1 N–H and O–H groups in total. The van der Waals surface area contributed by atoms with E-state index < -0.39 is 19.8 Å². The molecule has 1 amide bonds. The van der Waals surface area contributed by atoms with Crippen LogP contribution in [0, 0.1) is 5.41 Å². The van der Waals surface area contributed by atoms with Crippen molar-refractivity contribution in [2.45, 2.75) is 52.1 Å². The lowest BCUT2D eigenvalue weighted by atomic mass is 10.2. The van der Waals surface area contributed by atoms with Crippen molar-refractivity contribution in [3.8, 4) is 0 Å². The van der Waals surface area contributed by atoms with Gasteiger partial charge in [0.1, 0.15) is 12.3 Å². The Hall–Kier alpha value is -0.533. The molecule has 0 rings (SSSR count). The van der Waals surface area contributed by atoms with E-state index in [0.29, 0.717) is 6.61 Å². The summed E-state index contributed by atoms with van der Waals surface area (Å²) in [6, 6.07) is 1.03. The Morgan fingerprint density at radius 1 is 1.30 bits per heavy atom. The van der Waals surface area contributed by atoms with Crippen LogP contribution in [0.5, 0.6) is 0 Å². The van der Waals surface area contributed by atoms with E-state index in [-0.39, 0.29) is 11.9 Å². The summed E-state index contributed by atoms with van der Waals surface area (Å²) in [7, 11) is -1.15. The molecular formula is C13H28N2O3SSi. The minimum Gasteiger partial charge on any atom is -0.443 e. The van der Waals surface area contributed by atoms with Crippen LogP contribution in [0.2, 0.25) is 25.7 Å². The lowest BCUT2D eigenvalue weighted by Crippen LogP contribution is -2.41. The molecule has 5 nitrogen and oxygen atoms in total. The summed E-state index contributed by atoms with van der Waals surface area (Å²) in [5, 5.41) is 7.94. The van der Waals surface area contributed by atoms with Gasteiger partial charge in [-0.2, -0.15) is 0 Å². The summed E-state index contributed by atoms with van der Waals surface area (Å²) >= 11 is 1.19. The maximum absolute atomic E-state index is 12.0. The lowest BCUT2D eigenvalue weighted by Gasteiger charge is -2.27. The number of thioether (sulfide) groups is 1. The first-order chi connectivity index (χ1) is 8.96. The highest BCUT2D eigenvalue weighted by atomic mass is 32.2. The summed E-state index contributed by atoms with van der Waals surface area (Å²) in [6.07, 6.45) is 1.21. The highest BCUT2D eigenvalue weighted by molar-refractivity contribution is 8.13. The second kappa shape index (κ2) is 8.04. The number of hydrogen-bond donors (Lipinski definition) is 1. The number of amides is 1. The summed E-state index contributed by atoms with van der Waals surface area (Å²) in [5.74, 6) is 0. The molecule has 0 aromatic carbocycles. The molecule has 0 saturated heterocycles. The van der Waals surface area contributed by atoms with Crippen LogP contribution < -0.4 is 0 Å². The molecule has 0 aliphatic rings. The van der Waals surface area contributed by atoms with Crippen LogP contribution in [0.1, 0.15) is 20.8 Å². The first-order valence-corrected chi connectivity index (χ1v) is 11.6. The highest BCUT2D eigenvalue weighted by Crippen LogP contribution is 2.13. The van der Waals surface area contributed by atoms with Gasteiger partial charge in [0, 0.05) is 14.7 Å². The van der Waals surface area contributed by atoms with Gasteiger partial charge in [-0.25, -0.2) is 9.69 Å². The number of carbonyl (C=O) groups excluding carboxylic acids is 1. The first kappa shape index (κ1) is 19.5. The number of nitrogens with zero attached hydrogens (tertiary/aromatic N) is 1. The Balaban J connectivity index is 4.44. The van der Waals surface area contributed by atoms with Crippen molar-refractivity contribution in [1.29, 1.82) is 5.41 Å². The molecule has 0 bridgehead atoms. The van der Waals surface area contributed by atoms with Crippen molar-refractivity contribution in [2.75, 3.05) is 19.6 Å². The monoisotopic (exact) mass is 320 g/mol. The van der Waals surface area contributed by atoms with E-state index in [9.17, 15) is 4.79 Å². The number of nitrogens with one attached hydrogen (secondary N) is 1. The van der Waals surface area contributed by atoms with Crippen LogP contribution in [-0.4, -0.2) is 49.4 Å². The summed E-state index contributed by atoms with van der Waals surface area (Å²) in [4.78, 5) is 13.3. The standard InChI is InChI=1S/C13H28N2O3SSi/c1-13(2,3)18-12(16)15(11(14)19-4)10-17-8-9-20(5,6)7/h14H,8-10H2,1-7H3. The van der Waals surface area contributed by atoms with E-state index in [4.69, 9.17) is 14.9 Å². The summed E-state index contributed by atoms with van der Waals surface area (Å²) < 4.78 is 10.8. The van der Waals surface area contributed by atoms with Crippen LogP contribution in [0.4, 0.5) is 4.79 Å². The van der Waals surface area contributed by atoms with Crippen molar-refractivity contribution in [3.63, 3.8) is 0 Å². The van der Waals surface area contributed by atoms with Gasteiger partial charge < -0.3 is 9.47 Å². The largest absolute Gasteiger partial charge is 0.443 e. The van der Waals surface area contributed by atoms with E-state index in [1.54, 1.807) is 27.0 Å². The van der Waals surface area contributed by atoms with Gasteiger partial charge in [-0.15, -0.1) is 0 Å². The second-order valence-electron chi connectivity index (χ2n) is 6.77. The van der Waals surface area contributed by atoms with Gasteiger partial charge in [0.2, 0.25) is 0 Å². The Labute approximate surface area is 127 Å². The fourth-order valence-corrected chi connectivity index (χ4v) is 2.26. The molecule has 7 heteroatoms. The number of rotatable bonds is 5. The zero-order valence-electron chi connectivity index (χ0n) is 13.7. The van der Waals surface area contributed by atoms with Gasteiger partial charge in [0.25, 0.3) is 0 Å². The number of amidine groups is 1. The maximum Gasteiger partial charge on any atom is 0.418 e. The van der Waals surface area contributed by atoms with Gasteiger partial charge in [0.15, 0.2) is 5.17 Å². The number of hydrogen-bond acceptors (Lipinski definition) is 5.